The smallest absolute Gasteiger partial charge is 0.295 e. The SMILES string of the molecule is COCCN1C(=O)C(=O)/C(=C(\O)c2cccc(OC)c2)C1c1ccc(OCc2ccccc2C)cc1. The van der Waals surface area contributed by atoms with Crippen molar-refractivity contribution in [2.75, 3.05) is 27.4 Å². The Morgan fingerprint density at radius 1 is 0.944 bits per heavy atom. The van der Waals surface area contributed by atoms with Crippen LogP contribution in [0.15, 0.2) is 78.4 Å². The minimum absolute atomic E-state index is 0.0259. The zero-order valence-corrected chi connectivity index (χ0v) is 20.6. The number of aliphatic hydroxyl groups is 1. The summed E-state index contributed by atoms with van der Waals surface area (Å²) in [5.41, 5.74) is 3.33. The lowest BCUT2D eigenvalue weighted by Gasteiger charge is -2.25. The van der Waals surface area contributed by atoms with E-state index in [9.17, 15) is 14.7 Å². The van der Waals surface area contributed by atoms with E-state index in [1.165, 1.54) is 19.1 Å². The maximum absolute atomic E-state index is 13.1. The van der Waals surface area contributed by atoms with Gasteiger partial charge in [-0.15, -0.1) is 0 Å². The van der Waals surface area contributed by atoms with Crippen LogP contribution >= 0.6 is 0 Å². The van der Waals surface area contributed by atoms with Crippen molar-refractivity contribution < 1.29 is 28.9 Å². The van der Waals surface area contributed by atoms with Crippen LogP contribution in [0, 0.1) is 6.92 Å². The Balaban J connectivity index is 1.68. The number of methoxy groups -OCH3 is 2. The standard InChI is InChI=1S/C29H29NO6/c1-19-7-4-5-8-22(19)18-36-23-13-11-20(12-14-23)26-25(28(32)29(33)30(26)15-16-34-2)27(31)21-9-6-10-24(17-21)35-3/h4-14,17,26,31H,15-16,18H2,1-3H3/b27-25-. The van der Waals surface area contributed by atoms with E-state index in [0.717, 1.165) is 11.1 Å². The Labute approximate surface area is 210 Å². The molecule has 1 unspecified atom stereocenters. The molecule has 1 saturated heterocycles. The first-order chi connectivity index (χ1) is 17.4. The molecular formula is C29H29NO6. The Morgan fingerprint density at radius 2 is 1.69 bits per heavy atom. The molecular weight excluding hydrogens is 458 g/mol. The summed E-state index contributed by atoms with van der Waals surface area (Å²) in [5, 5.41) is 11.2. The van der Waals surface area contributed by atoms with Gasteiger partial charge in [0, 0.05) is 19.2 Å². The second-order valence-electron chi connectivity index (χ2n) is 8.50. The topological polar surface area (TPSA) is 85.3 Å². The monoisotopic (exact) mass is 487 g/mol. The van der Waals surface area contributed by atoms with Crippen molar-refractivity contribution in [3.05, 3.63) is 101 Å². The lowest BCUT2D eigenvalue weighted by Crippen LogP contribution is -2.32. The van der Waals surface area contributed by atoms with E-state index in [4.69, 9.17) is 14.2 Å². The molecule has 1 heterocycles. The van der Waals surface area contributed by atoms with Gasteiger partial charge in [-0.2, -0.15) is 0 Å². The van der Waals surface area contributed by atoms with Gasteiger partial charge in [0.15, 0.2) is 0 Å². The number of carbonyl (C=O) groups excluding carboxylic acids is 2. The maximum Gasteiger partial charge on any atom is 0.295 e. The Morgan fingerprint density at radius 3 is 2.39 bits per heavy atom. The van der Waals surface area contributed by atoms with Gasteiger partial charge in [0.2, 0.25) is 0 Å². The van der Waals surface area contributed by atoms with Gasteiger partial charge in [0.25, 0.3) is 11.7 Å². The summed E-state index contributed by atoms with van der Waals surface area (Å²) >= 11 is 0. The van der Waals surface area contributed by atoms with E-state index in [1.807, 2.05) is 43.3 Å². The number of aryl methyl sites for hydroxylation is 1. The second-order valence-corrected chi connectivity index (χ2v) is 8.50. The van der Waals surface area contributed by atoms with Gasteiger partial charge >= 0.3 is 0 Å². The van der Waals surface area contributed by atoms with Crippen LogP contribution in [0.4, 0.5) is 0 Å². The van der Waals surface area contributed by atoms with Crippen molar-refractivity contribution in [2.24, 2.45) is 0 Å². The summed E-state index contributed by atoms with van der Waals surface area (Å²) in [6.45, 7) is 2.91. The molecule has 36 heavy (non-hydrogen) atoms. The highest BCUT2D eigenvalue weighted by Crippen LogP contribution is 2.40. The number of likely N-dealkylation sites (tertiary alicyclic amines) is 1. The minimum Gasteiger partial charge on any atom is -0.507 e. The number of Topliss-reactive ketones (excluding diaryl/α,β-unsaturated/α-hetero) is 1. The lowest BCUT2D eigenvalue weighted by atomic mass is 9.95. The van der Waals surface area contributed by atoms with Crippen molar-refractivity contribution >= 4 is 17.4 Å². The fourth-order valence-electron chi connectivity index (χ4n) is 4.25. The molecule has 1 atom stereocenters. The number of ether oxygens (including phenoxy) is 3. The number of rotatable bonds is 9. The molecule has 1 aliphatic heterocycles. The molecule has 0 bridgehead atoms. The quantitative estimate of drug-likeness (QED) is 0.269. The Kier molecular flexibility index (Phi) is 7.71. The van der Waals surface area contributed by atoms with Crippen LogP contribution in [0.3, 0.4) is 0 Å². The lowest BCUT2D eigenvalue weighted by molar-refractivity contribution is -0.140. The first kappa shape index (κ1) is 25.0. The van der Waals surface area contributed by atoms with E-state index in [2.05, 4.69) is 0 Å². The van der Waals surface area contributed by atoms with Crippen LogP contribution in [0.5, 0.6) is 11.5 Å². The van der Waals surface area contributed by atoms with Crippen LogP contribution in [0.1, 0.15) is 28.3 Å². The Bertz CT molecular complexity index is 1280. The molecule has 0 aliphatic carbocycles. The molecule has 7 nitrogen and oxygen atoms in total. The molecule has 0 saturated carbocycles. The highest BCUT2D eigenvalue weighted by Gasteiger charge is 2.45. The van der Waals surface area contributed by atoms with Gasteiger partial charge in [-0.25, -0.2) is 0 Å². The molecule has 3 aromatic rings. The fourth-order valence-corrected chi connectivity index (χ4v) is 4.25. The minimum atomic E-state index is -0.767. The van der Waals surface area contributed by atoms with Crippen molar-refractivity contribution in [1.29, 1.82) is 0 Å². The van der Waals surface area contributed by atoms with E-state index in [-0.39, 0.29) is 24.5 Å². The number of benzene rings is 3. The Hall–Kier alpha value is -4.10. The molecule has 186 valence electrons. The summed E-state index contributed by atoms with van der Waals surface area (Å²) in [7, 11) is 3.05. The number of amides is 1. The van der Waals surface area contributed by atoms with Gasteiger partial charge in [0.1, 0.15) is 23.9 Å². The summed E-state index contributed by atoms with van der Waals surface area (Å²) in [5.74, 6) is -0.488. The van der Waals surface area contributed by atoms with E-state index in [0.29, 0.717) is 29.2 Å². The van der Waals surface area contributed by atoms with Crippen LogP contribution in [0.2, 0.25) is 0 Å². The summed E-state index contributed by atoms with van der Waals surface area (Å²) in [6.07, 6.45) is 0. The van der Waals surface area contributed by atoms with Gasteiger partial charge in [-0.3, -0.25) is 9.59 Å². The average molecular weight is 488 g/mol. The summed E-state index contributed by atoms with van der Waals surface area (Å²) in [6, 6.07) is 21.2. The third-order valence-corrected chi connectivity index (χ3v) is 6.27. The summed E-state index contributed by atoms with van der Waals surface area (Å²) in [4.78, 5) is 27.5. The molecule has 0 spiro atoms. The van der Waals surface area contributed by atoms with Crippen molar-refractivity contribution in [3.8, 4) is 11.5 Å². The number of hydrogen-bond donors (Lipinski definition) is 1. The van der Waals surface area contributed by atoms with Crippen molar-refractivity contribution in [2.45, 2.75) is 19.6 Å². The second kappa shape index (κ2) is 11.1. The first-order valence-corrected chi connectivity index (χ1v) is 11.6. The number of aliphatic hydroxyl groups excluding tert-OH is 1. The van der Waals surface area contributed by atoms with Crippen molar-refractivity contribution in [3.63, 3.8) is 0 Å². The van der Waals surface area contributed by atoms with Gasteiger partial charge in [-0.05, 0) is 47.9 Å². The zero-order valence-electron chi connectivity index (χ0n) is 20.6. The number of ketones is 1. The van der Waals surface area contributed by atoms with Crippen LogP contribution in [0.25, 0.3) is 5.76 Å². The molecule has 4 rings (SSSR count). The van der Waals surface area contributed by atoms with Crippen LogP contribution < -0.4 is 9.47 Å². The molecule has 1 aliphatic rings. The highest BCUT2D eigenvalue weighted by atomic mass is 16.5. The first-order valence-electron chi connectivity index (χ1n) is 11.6. The third kappa shape index (κ3) is 5.11. The van der Waals surface area contributed by atoms with Crippen LogP contribution in [-0.4, -0.2) is 49.1 Å². The van der Waals surface area contributed by atoms with Crippen molar-refractivity contribution in [1.82, 2.24) is 4.90 Å². The normalized spacial score (nSPS) is 16.9. The molecule has 0 radical (unpaired) electrons. The molecule has 7 heteroatoms. The largest absolute Gasteiger partial charge is 0.507 e. The van der Waals surface area contributed by atoms with Crippen LogP contribution in [-0.2, 0) is 20.9 Å². The number of carbonyl (C=O) groups is 2. The predicted octanol–water partition coefficient (Wildman–Crippen LogP) is 4.65. The predicted molar refractivity (Wildman–Crippen MR) is 136 cm³/mol. The third-order valence-electron chi connectivity index (χ3n) is 6.27. The highest BCUT2D eigenvalue weighted by molar-refractivity contribution is 6.46. The van der Waals surface area contributed by atoms with E-state index < -0.39 is 17.7 Å². The number of hydrogen-bond acceptors (Lipinski definition) is 6. The number of nitrogens with zero attached hydrogens (tertiary/aromatic N) is 1. The fraction of sp³-hybridized carbons (Fsp3) is 0.241. The maximum atomic E-state index is 13.1. The van der Waals surface area contributed by atoms with Gasteiger partial charge in [0.05, 0.1) is 25.3 Å². The molecule has 0 aromatic heterocycles. The van der Waals surface area contributed by atoms with E-state index in [1.54, 1.807) is 36.4 Å². The van der Waals surface area contributed by atoms with Gasteiger partial charge in [-0.1, -0.05) is 48.5 Å². The molecule has 1 amide bonds. The molecule has 3 aromatic carbocycles. The zero-order chi connectivity index (χ0) is 25.7. The molecule has 1 N–H and O–H groups in total. The molecule has 1 fully saturated rings. The van der Waals surface area contributed by atoms with Gasteiger partial charge < -0.3 is 24.2 Å². The average Bonchev–Trinajstić information content (AvgIpc) is 3.16. The summed E-state index contributed by atoms with van der Waals surface area (Å²) < 4.78 is 16.4. The van der Waals surface area contributed by atoms with E-state index >= 15 is 0 Å².